The molecule has 0 fully saturated rings. The van der Waals surface area contributed by atoms with E-state index in [0.717, 1.165) is 18.4 Å². The smallest absolute Gasteiger partial charge is 0.328 e. The number of nitrogens with zero attached hydrogens (tertiary/aromatic N) is 1. The Labute approximate surface area is 246 Å². The average Bonchev–Trinajstić information content (AvgIpc) is 3.37. The normalized spacial score (nSPS) is 16.2. The van der Waals surface area contributed by atoms with Crippen molar-refractivity contribution in [3.05, 3.63) is 104 Å². The SMILES string of the molecule is O=C(NCC(NC(=O)c1c(Cl)cc2c(c1Cl)CCN(C(=O)c1ccccc1)C2)C(=O)O)NC1CCc2ccccc21. The van der Waals surface area contributed by atoms with Gasteiger partial charge in [0, 0.05) is 18.7 Å². The molecule has 2 aliphatic rings. The number of carbonyl (C=O) groups is 4. The van der Waals surface area contributed by atoms with Gasteiger partial charge in [-0.2, -0.15) is 0 Å². The Morgan fingerprint density at radius 1 is 0.976 bits per heavy atom. The molecule has 0 bridgehead atoms. The monoisotopic (exact) mass is 594 g/mol. The van der Waals surface area contributed by atoms with Gasteiger partial charge in [-0.15, -0.1) is 0 Å². The lowest BCUT2D eigenvalue weighted by Crippen LogP contribution is -2.50. The summed E-state index contributed by atoms with van der Waals surface area (Å²) in [6.45, 7) is 0.316. The summed E-state index contributed by atoms with van der Waals surface area (Å²) >= 11 is 13.1. The van der Waals surface area contributed by atoms with Crippen LogP contribution in [0.25, 0.3) is 0 Å². The van der Waals surface area contributed by atoms with E-state index in [2.05, 4.69) is 16.0 Å². The minimum absolute atomic E-state index is 0.0370. The maximum atomic E-state index is 13.2. The lowest BCUT2D eigenvalue weighted by atomic mass is 9.96. The zero-order chi connectivity index (χ0) is 29.1. The number of carboxylic acids is 1. The van der Waals surface area contributed by atoms with Gasteiger partial charge in [-0.25, -0.2) is 9.59 Å². The van der Waals surface area contributed by atoms with Gasteiger partial charge in [0.15, 0.2) is 0 Å². The number of carbonyl (C=O) groups excluding carboxylic acids is 3. The van der Waals surface area contributed by atoms with Crippen LogP contribution in [-0.4, -0.2) is 53.0 Å². The second kappa shape index (κ2) is 12.2. The van der Waals surface area contributed by atoms with Crippen molar-refractivity contribution in [2.75, 3.05) is 13.1 Å². The van der Waals surface area contributed by atoms with Gasteiger partial charge in [-0.3, -0.25) is 9.59 Å². The summed E-state index contributed by atoms with van der Waals surface area (Å²) in [5.74, 6) is -2.22. The maximum Gasteiger partial charge on any atom is 0.328 e. The van der Waals surface area contributed by atoms with Crippen LogP contribution < -0.4 is 16.0 Å². The molecule has 4 N–H and O–H groups in total. The Morgan fingerprint density at radius 2 is 1.71 bits per heavy atom. The molecule has 2 atom stereocenters. The lowest BCUT2D eigenvalue weighted by molar-refractivity contribution is -0.139. The number of amides is 4. The van der Waals surface area contributed by atoms with Crippen LogP contribution in [0.5, 0.6) is 0 Å². The number of benzene rings is 3. The molecule has 41 heavy (non-hydrogen) atoms. The fourth-order valence-electron chi connectivity index (χ4n) is 5.34. The second-order valence-corrected chi connectivity index (χ2v) is 10.8. The van der Waals surface area contributed by atoms with E-state index in [1.54, 1.807) is 35.2 Å². The standard InChI is InChI=1S/C30H28Cl2N4O5/c31-22-14-19-16-36(28(38)18-7-2-1-3-8-18)13-12-21(19)26(32)25(22)27(37)34-24(29(39)40)15-33-30(41)35-23-11-10-17-6-4-5-9-20(17)23/h1-9,14,23-24H,10-13,15-16H2,(H,34,37)(H,39,40)(H2,33,35,41). The number of hydrogen-bond acceptors (Lipinski definition) is 4. The van der Waals surface area contributed by atoms with Gasteiger partial charge in [0.25, 0.3) is 11.8 Å². The third-order valence-electron chi connectivity index (χ3n) is 7.45. The van der Waals surface area contributed by atoms with Crippen LogP contribution in [-0.2, 0) is 24.2 Å². The van der Waals surface area contributed by atoms with Gasteiger partial charge in [0.05, 0.1) is 28.2 Å². The maximum absolute atomic E-state index is 13.2. The fraction of sp³-hybridized carbons (Fsp3) is 0.267. The Hall–Kier alpha value is -4.08. The molecular formula is C30H28Cl2N4O5. The molecule has 1 heterocycles. The first-order valence-corrected chi connectivity index (χ1v) is 14.0. The summed E-state index contributed by atoms with van der Waals surface area (Å²) in [5.41, 5.74) is 4.12. The molecule has 3 aromatic carbocycles. The van der Waals surface area contributed by atoms with Gasteiger partial charge >= 0.3 is 12.0 Å². The van der Waals surface area contributed by atoms with Crippen LogP contribution in [0.2, 0.25) is 10.0 Å². The van der Waals surface area contributed by atoms with E-state index in [9.17, 15) is 24.3 Å². The van der Waals surface area contributed by atoms with Gasteiger partial charge in [0.1, 0.15) is 6.04 Å². The molecule has 0 radical (unpaired) electrons. The average molecular weight is 595 g/mol. The molecular weight excluding hydrogens is 567 g/mol. The molecule has 1 aliphatic heterocycles. The van der Waals surface area contributed by atoms with Crippen LogP contribution in [0, 0.1) is 0 Å². The first-order chi connectivity index (χ1) is 19.7. The largest absolute Gasteiger partial charge is 0.480 e. The number of carboxylic acid groups (broad SMARTS) is 1. The third kappa shape index (κ3) is 6.16. The molecule has 2 unspecified atom stereocenters. The van der Waals surface area contributed by atoms with Crippen molar-refractivity contribution in [3.8, 4) is 0 Å². The molecule has 0 saturated heterocycles. The summed E-state index contributed by atoms with van der Waals surface area (Å²) in [7, 11) is 0. The molecule has 4 amide bonds. The van der Waals surface area contributed by atoms with E-state index in [1.807, 2.05) is 30.3 Å². The van der Waals surface area contributed by atoms with E-state index >= 15 is 0 Å². The second-order valence-electron chi connectivity index (χ2n) is 10.0. The minimum atomic E-state index is -1.42. The van der Waals surface area contributed by atoms with Gasteiger partial charge in [0.2, 0.25) is 0 Å². The Bertz CT molecular complexity index is 1510. The first-order valence-electron chi connectivity index (χ1n) is 13.2. The summed E-state index contributed by atoms with van der Waals surface area (Å²) in [5, 5.41) is 17.7. The number of hydrogen-bond donors (Lipinski definition) is 4. The molecule has 9 nitrogen and oxygen atoms in total. The molecule has 0 saturated carbocycles. The number of aliphatic carboxylic acids is 1. The highest BCUT2D eigenvalue weighted by Crippen LogP contribution is 2.35. The van der Waals surface area contributed by atoms with Crippen molar-refractivity contribution in [1.29, 1.82) is 0 Å². The van der Waals surface area contributed by atoms with Crippen molar-refractivity contribution in [2.45, 2.75) is 37.9 Å². The van der Waals surface area contributed by atoms with Crippen molar-refractivity contribution < 1.29 is 24.3 Å². The highest BCUT2D eigenvalue weighted by molar-refractivity contribution is 6.40. The van der Waals surface area contributed by atoms with Crippen molar-refractivity contribution >= 4 is 47.0 Å². The highest BCUT2D eigenvalue weighted by Gasteiger charge is 2.30. The first kappa shape index (κ1) is 28.4. The van der Waals surface area contributed by atoms with Crippen LogP contribution >= 0.6 is 23.2 Å². The zero-order valence-corrected chi connectivity index (χ0v) is 23.5. The van der Waals surface area contributed by atoms with Crippen molar-refractivity contribution in [2.24, 2.45) is 0 Å². The molecule has 5 rings (SSSR count). The molecule has 0 aromatic heterocycles. The summed E-state index contributed by atoms with van der Waals surface area (Å²) < 4.78 is 0. The number of fused-ring (bicyclic) bond motifs is 2. The number of nitrogens with one attached hydrogen (secondary N) is 3. The highest BCUT2D eigenvalue weighted by atomic mass is 35.5. The van der Waals surface area contributed by atoms with E-state index < -0.39 is 23.9 Å². The Kier molecular flexibility index (Phi) is 8.46. The van der Waals surface area contributed by atoms with Crippen LogP contribution in [0.1, 0.15) is 55.4 Å². The molecule has 1 aliphatic carbocycles. The molecule has 0 spiro atoms. The third-order valence-corrected chi connectivity index (χ3v) is 8.16. The topological polar surface area (TPSA) is 128 Å². The van der Waals surface area contributed by atoms with Gasteiger partial charge in [-0.1, -0.05) is 65.7 Å². The van der Waals surface area contributed by atoms with Crippen LogP contribution in [0.4, 0.5) is 4.79 Å². The quantitative estimate of drug-likeness (QED) is 0.323. The van der Waals surface area contributed by atoms with Crippen LogP contribution in [0.15, 0.2) is 60.7 Å². The number of rotatable bonds is 7. The minimum Gasteiger partial charge on any atom is -0.480 e. The van der Waals surface area contributed by atoms with Crippen LogP contribution in [0.3, 0.4) is 0 Å². The predicted molar refractivity (Wildman–Crippen MR) is 154 cm³/mol. The summed E-state index contributed by atoms with van der Waals surface area (Å²) in [6, 6.07) is 16.2. The summed E-state index contributed by atoms with van der Waals surface area (Å²) in [4.78, 5) is 52.2. The molecule has 212 valence electrons. The van der Waals surface area contributed by atoms with E-state index in [1.165, 1.54) is 5.56 Å². The lowest BCUT2D eigenvalue weighted by Gasteiger charge is -2.30. The molecule has 3 aromatic rings. The molecule has 11 heteroatoms. The summed E-state index contributed by atoms with van der Waals surface area (Å²) in [6.07, 6.45) is 2.00. The fourth-order valence-corrected chi connectivity index (χ4v) is 6.10. The van der Waals surface area contributed by atoms with Gasteiger partial charge < -0.3 is 26.0 Å². The van der Waals surface area contributed by atoms with E-state index in [0.29, 0.717) is 29.7 Å². The predicted octanol–water partition coefficient (Wildman–Crippen LogP) is 4.36. The number of urea groups is 1. The zero-order valence-electron chi connectivity index (χ0n) is 22.0. The van der Waals surface area contributed by atoms with E-state index in [-0.39, 0.29) is 40.6 Å². The number of halogens is 2. The van der Waals surface area contributed by atoms with E-state index in [4.69, 9.17) is 23.2 Å². The van der Waals surface area contributed by atoms with Crippen molar-refractivity contribution in [3.63, 3.8) is 0 Å². The Balaban J connectivity index is 1.23. The van der Waals surface area contributed by atoms with Crippen molar-refractivity contribution in [1.82, 2.24) is 20.9 Å². The number of aryl methyl sites for hydroxylation is 1. The Morgan fingerprint density at radius 3 is 2.46 bits per heavy atom. The van der Waals surface area contributed by atoms with Gasteiger partial charge in [-0.05, 0) is 59.7 Å².